The largest absolute Gasteiger partial charge is 0.399 e. The van der Waals surface area contributed by atoms with E-state index in [4.69, 9.17) is 5.73 Å². The summed E-state index contributed by atoms with van der Waals surface area (Å²) in [7, 11) is 1.79. The van der Waals surface area contributed by atoms with Crippen LogP contribution < -0.4 is 16.0 Å². The van der Waals surface area contributed by atoms with E-state index in [1.165, 1.54) is 4.90 Å². The van der Waals surface area contributed by atoms with Crippen molar-refractivity contribution < 1.29 is 9.59 Å². The molecule has 2 heterocycles. The van der Waals surface area contributed by atoms with Gasteiger partial charge in [0.25, 0.3) is 0 Å². The Bertz CT molecular complexity index is 691. The zero-order valence-corrected chi connectivity index (χ0v) is 10.4. The average molecular weight is 259 g/mol. The summed E-state index contributed by atoms with van der Waals surface area (Å²) in [5.41, 5.74) is 7.23. The van der Waals surface area contributed by atoms with Gasteiger partial charge in [0, 0.05) is 31.1 Å². The minimum absolute atomic E-state index is 0.259. The lowest BCUT2D eigenvalue weighted by Gasteiger charge is -2.24. The molecule has 1 aliphatic rings. The highest BCUT2D eigenvalue weighted by Gasteiger charge is 2.27. The molecule has 1 saturated heterocycles. The molecule has 19 heavy (non-hydrogen) atoms. The lowest BCUT2D eigenvalue weighted by Crippen LogP contribution is -2.49. The van der Waals surface area contributed by atoms with E-state index in [1.54, 1.807) is 23.9 Å². The molecule has 0 atom stereocenters. The molecule has 0 aliphatic carbocycles. The zero-order valence-electron chi connectivity index (χ0n) is 10.4. The van der Waals surface area contributed by atoms with Crippen LogP contribution in [0.5, 0.6) is 0 Å². The number of hydrogen-bond acceptors (Lipinski definition) is 4. The standard InChI is InChI=1S/C12H13N5O2/c1-16-9-6-7(13)2-3-8(9)11(15-16)17-5-4-10(18)14-12(17)19/h2-3,6H,4-5,13H2,1H3,(H,14,18,19). The van der Waals surface area contributed by atoms with E-state index < -0.39 is 6.03 Å². The molecule has 0 saturated carbocycles. The average Bonchev–Trinajstić information content (AvgIpc) is 2.66. The van der Waals surface area contributed by atoms with Crippen LogP contribution in [-0.2, 0) is 11.8 Å². The van der Waals surface area contributed by atoms with Crippen molar-refractivity contribution in [1.29, 1.82) is 0 Å². The molecule has 0 spiro atoms. The first kappa shape index (κ1) is 11.5. The summed E-state index contributed by atoms with van der Waals surface area (Å²) >= 11 is 0. The molecular formula is C12H13N5O2. The van der Waals surface area contributed by atoms with Crippen molar-refractivity contribution in [3.8, 4) is 0 Å². The second kappa shape index (κ2) is 3.98. The topological polar surface area (TPSA) is 93.2 Å². The number of carbonyl (C=O) groups excluding carboxylic acids is 2. The quantitative estimate of drug-likeness (QED) is 0.733. The van der Waals surface area contributed by atoms with Crippen LogP contribution in [0.1, 0.15) is 6.42 Å². The number of carbonyl (C=O) groups is 2. The second-order valence-corrected chi connectivity index (χ2v) is 4.48. The number of nitrogen functional groups attached to an aromatic ring is 1. The Kier molecular flexibility index (Phi) is 2.41. The van der Waals surface area contributed by atoms with Gasteiger partial charge in [-0.2, -0.15) is 5.10 Å². The highest BCUT2D eigenvalue weighted by atomic mass is 16.2. The number of nitrogens with two attached hydrogens (primary N) is 1. The van der Waals surface area contributed by atoms with Crippen molar-refractivity contribution >= 4 is 34.3 Å². The molecule has 1 aromatic carbocycles. The van der Waals surface area contributed by atoms with Gasteiger partial charge in [0.05, 0.1) is 5.52 Å². The molecule has 2 aromatic rings. The molecule has 0 unspecified atom stereocenters. The molecular weight excluding hydrogens is 246 g/mol. The van der Waals surface area contributed by atoms with Crippen LogP contribution in [0.3, 0.4) is 0 Å². The Morgan fingerprint density at radius 2 is 2.16 bits per heavy atom. The van der Waals surface area contributed by atoms with E-state index in [-0.39, 0.29) is 12.3 Å². The molecule has 1 aliphatic heterocycles. The summed E-state index contributed by atoms with van der Waals surface area (Å²) < 4.78 is 1.67. The maximum absolute atomic E-state index is 11.8. The predicted molar refractivity (Wildman–Crippen MR) is 70.6 cm³/mol. The molecule has 7 nitrogen and oxygen atoms in total. The number of hydrogen-bond donors (Lipinski definition) is 2. The van der Waals surface area contributed by atoms with Gasteiger partial charge in [-0.05, 0) is 18.2 Å². The van der Waals surface area contributed by atoms with Crippen LogP contribution in [-0.4, -0.2) is 28.3 Å². The van der Waals surface area contributed by atoms with Gasteiger partial charge in [-0.15, -0.1) is 0 Å². The van der Waals surface area contributed by atoms with Crippen molar-refractivity contribution in [1.82, 2.24) is 15.1 Å². The number of nitrogens with zero attached hydrogens (tertiary/aromatic N) is 3. The van der Waals surface area contributed by atoms with Crippen molar-refractivity contribution in [3.05, 3.63) is 18.2 Å². The van der Waals surface area contributed by atoms with Crippen molar-refractivity contribution in [2.45, 2.75) is 6.42 Å². The Balaban J connectivity index is 2.10. The Morgan fingerprint density at radius 1 is 1.37 bits per heavy atom. The number of aromatic nitrogens is 2. The minimum Gasteiger partial charge on any atom is -0.399 e. The first-order valence-corrected chi connectivity index (χ1v) is 5.90. The Labute approximate surface area is 109 Å². The van der Waals surface area contributed by atoms with E-state index in [9.17, 15) is 9.59 Å². The highest BCUT2D eigenvalue weighted by Crippen LogP contribution is 2.28. The third-order valence-electron chi connectivity index (χ3n) is 3.17. The van der Waals surface area contributed by atoms with E-state index in [2.05, 4.69) is 10.4 Å². The van der Waals surface area contributed by atoms with Crippen LogP contribution in [0.15, 0.2) is 18.2 Å². The number of nitrogens with one attached hydrogen (secondary N) is 1. The number of aryl methyl sites for hydroxylation is 1. The third kappa shape index (κ3) is 1.79. The molecule has 3 N–H and O–H groups in total. The van der Waals surface area contributed by atoms with Gasteiger partial charge in [-0.1, -0.05) is 0 Å². The normalized spacial score (nSPS) is 15.9. The fourth-order valence-corrected chi connectivity index (χ4v) is 2.22. The number of fused-ring (bicyclic) bond motifs is 1. The smallest absolute Gasteiger partial charge is 0.329 e. The summed E-state index contributed by atoms with van der Waals surface area (Å²) in [6.45, 7) is 0.334. The number of benzene rings is 1. The predicted octanol–water partition coefficient (Wildman–Crippen LogP) is 0.602. The van der Waals surface area contributed by atoms with Crippen LogP contribution in [0, 0.1) is 0 Å². The second-order valence-electron chi connectivity index (χ2n) is 4.48. The van der Waals surface area contributed by atoms with Crippen molar-refractivity contribution in [2.24, 2.45) is 7.05 Å². The van der Waals surface area contributed by atoms with Gasteiger partial charge < -0.3 is 5.73 Å². The first-order chi connectivity index (χ1) is 9.06. The van der Waals surface area contributed by atoms with E-state index in [0.717, 1.165) is 10.9 Å². The maximum atomic E-state index is 11.8. The van der Waals surface area contributed by atoms with Gasteiger partial charge in [-0.25, -0.2) is 4.79 Å². The lowest BCUT2D eigenvalue weighted by atomic mass is 10.2. The molecule has 98 valence electrons. The van der Waals surface area contributed by atoms with Gasteiger partial charge >= 0.3 is 6.03 Å². The molecule has 1 fully saturated rings. The van der Waals surface area contributed by atoms with Gasteiger partial charge in [-0.3, -0.25) is 19.7 Å². The summed E-state index contributed by atoms with van der Waals surface area (Å²) in [4.78, 5) is 24.5. The fourth-order valence-electron chi connectivity index (χ4n) is 2.22. The molecule has 3 rings (SSSR count). The Hall–Kier alpha value is -2.57. The van der Waals surface area contributed by atoms with Crippen LogP contribution in [0.25, 0.3) is 10.9 Å². The van der Waals surface area contributed by atoms with Gasteiger partial charge in [0.1, 0.15) is 0 Å². The lowest BCUT2D eigenvalue weighted by molar-refractivity contribution is -0.120. The minimum atomic E-state index is -0.437. The number of amides is 3. The van der Waals surface area contributed by atoms with E-state index in [1.807, 2.05) is 6.07 Å². The van der Waals surface area contributed by atoms with Crippen LogP contribution in [0.2, 0.25) is 0 Å². The SMILES string of the molecule is Cn1nc(N2CCC(=O)NC2=O)c2ccc(N)cc21. The first-order valence-electron chi connectivity index (χ1n) is 5.90. The molecule has 0 bridgehead atoms. The molecule has 3 amide bonds. The monoisotopic (exact) mass is 259 g/mol. The Morgan fingerprint density at radius 3 is 2.89 bits per heavy atom. The van der Waals surface area contributed by atoms with Gasteiger partial charge in [0.2, 0.25) is 5.91 Å². The third-order valence-corrected chi connectivity index (χ3v) is 3.17. The summed E-state index contributed by atoms with van der Waals surface area (Å²) in [6.07, 6.45) is 0.277. The summed E-state index contributed by atoms with van der Waals surface area (Å²) in [5, 5.41) is 7.47. The van der Waals surface area contributed by atoms with Crippen LogP contribution >= 0.6 is 0 Å². The maximum Gasteiger partial charge on any atom is 0.329 e. The fraction of sp³-hybridized carbons (Fsp3) is 0.250. The highest BCUT2D eigenvalue weighted by molar-refractivity contribution is 6.09. The molecule has 1 aromatic heterocycles. The molecule has 7 heteroatoms. The summed E-state index contributed by atoms with van der Waals surface area (Å²) in [5.74, 6) is 0.285. The number of rotatable bonds is 1. The van der Waals surface area contributed by atoms with Crippen molar-refractivity contribution in [3.63, 3.8) is 0 Å². The van der Waals surface area contributed by atoms with Gasteiger partial charge in [0.15, 0.2) is 5.82 Å². The van der Waals surface area contributed by atoms with E-state index >= 15 is 0 Å². The van der Waals surface area contributed by atoms with Crippen LogP contribution in [0.4, 0.5) is 16.3 Å². The number of urea groups is 1. The van der Waals surface area contributed by atoms with E-state index in [0.29, 0.717) is 18.1 Å². The number of anilines is 2. The zero-order chi connectivity index (χ0) is 13.6. The number of imide groups is 1. The molecule has 0 radical (unpaired) electrons. The van der Waals surface area contributed by atoms with Crippen molar-refractivity contribution in [2.75, 3.05) is 17.2 Å². The summed E-state index contributed by atoms with van der Waals surface area (Å²) in [6, 6.07) is 4.96.